The molecule has 30 heavy (non-hydrogen) atoms. The van der Waals surface area contributed by atoms with Crippen molar-refractivity contribution in [3.05, 3.63) is 54.1 Å². The predicted octanol–water partition coefficient (Wildman–Crippen LogP) is 4.96. The average molecular weight is 405 g/mol. The molecule has 4 bridgehead atoms. The van der Waals surface area contributed by atoms with Gasteiger partial charge in [0, 0.05) is 22.9 Å². The molecule has 4 aliphatic carbocycles. The molecule has 0 saturated heterocycles. The van der Waals surface area contributed by atoms with E-state index in [9.17, 15) is 9.59 Å². The van der Waals surface area contributed by atoms with Crippen LogP contribution in [0.3, 0.4) is 0 Å². The summed E-state index contributed by atoms with van der Waals surface area (Å²) in [6.45, 7) is 0. The molecule has 2 aromatic rings. The lowest BCUT2D eigenvalue weighted by Crippen LogP contribution is -2.49. The molecule has 0 spiro atoms. The SMILES string of the molecule is COc1ccc(NC(=O)c2ccc(NC(=O)C3C4CC5CC(C4)CC3C5)cc2)cc1. The molecule has 156 valence electrons. The van der Waals surface area contributed by atoms with Crippen molar-refractivity contribution in [2.45, 2.75) is 32.1 Å². The van der Waals surface area contributed by atoms with Crippen LogP contribution in [-0.2, 0) is 4.79 Å². The highest BCUT2D eigenvalue weighted by molar-refractivity contribution is 6.04. The summed E-state index contributed by atoms with van der Waals surface area (Å²) in [5.41, 5.74) is 2.02. The van der Waals surface area contributed by atoms with Crippen molar-refractivity contribution in [2.75, 3.05) is 17.7 Å². The minimum Gasteiger partial charge on any atom is -0.497 e. The molecule has 5 nitrogen and oxygen atoms in total. The van der Waals surface area contributed by atoms with Crippen molar-refractivity contribution >= 4 is 23.2 Å². The van der Waals surface area contributed by atoms with Crippen LogP contribution in [0.2, 0.25) is 0 Å². The first-order valence-electron chi connectivity index (χ1n) is 11.0. The molecule has 4 aliphatic rings. The van der Waals surface area contributed by atoms with Crippen LogP contribution in [0.15, 0.2) is 48.5 Å². The molecule has 0 aliphatic heterocycles. The normalized spacial score (nSPS) is 28.8. The van der Waals surface area contributed by atoms with Crippen molar-refractivity contribution in [1.29, 1.82) is 0 Å². The number of hydrogen-bond acceptors (Lipinski definition) is 3. The van der Waals surface area contributed by atoms with Crippen LogP contribution in [0, 0.1) is 29.6 Å². The van der Waals surface area contributed by atoms with Gasteiger partial charge in [0.1, 0.15) is 5.75 Å². The van der Waals surface area contributed by atoms with Crippen LogP contribution in [0.25, 0.3) is 0 Å². The van der Waals surface area contributed by atoms with E-state index in [1.54, 1.807) is 43.5 Å². The first-order chi connectivity index (χ1) is 14.6. The molecule has 0 radical (unpaired) electrons. The Hall–Kier alpha value is -2.82. The van der Waals surface area contributed by atoms with Gasteiger partial charge in [0.25, 0.3) is 5.91 Å². The van der Waals surface area contributed by atoms with Crippen LogP contribution >= 0.6 is 0 Å². The van der Waals surface area contributed by atoms with Crippen LogP contribution in [-0.4, -0.2) is 18.9 Å². The van der Waals surface area contributed by atoms with Crippen molar-refractivity contribution < 1.29 is 14.3 Å². The highest BCUT2D eigenvalue weighted by atomic mass is 16.5. The number of nitrogens with one attached hydrogen (secondary N) is 2. The first kappa shape index (κ1) is 19.2. The lowest BCUT2D eigenvalue weighted by Gasteiger charge is -2.53. The molecule has 0 heterocycles. The number of carbonyl (C=O) groups excluding carboxylic acids is 2. The highest BCUT2D eigenvalue weighted by Gasteiger charge is 2.50. The van der Waals surface area contributed by atoms with Crippen molar-refractivity contribution in [3.8, 4) is 5.75 Å². The smallest absolute Gasteiger partial charge is 0.255 e. The third-order valence-corrected chi connectivity index (χ3v) is 7.29. The zero-order valence-corrected chi connectivity index (χ0v) is 17.3. The number of benzene rings is 2. The third kappa shape index (κ3) is 3.69. The monoisotopic (exact) mass is 404 g/mol. The topological polar surface area (TPSA) is 67.4 Å². The zero-order valence-electron chi connectivity index (χ0n) is 17.3. The molecule has 0 aromatic heterocycles. The molecule has 0 unspecified atom stereocenters. The van der Waals surface area contributed by atoms with E-state index in [2.05, 4.69) is 10.6 Å². The molecule has 6 rings (SSSR count). The van der Waals surface area contributed by atoms with Crippen LogP contribution in [0.1, 0.15) is 42.5 Å². The molecule has 5 heteroatoms. The van der Waals surface area contributed by atoms with E-state index in [1.165, 1.54) is 32.1 Å². The Bertz CT molecular complexity index is 908. The lowest BCUT2D eigenvalue weighted by atomic mass is 9.51. The van der Waals surface area contributed by atoms with Gasteiger partial charge in [-0.1, -0.05) is 0 Å². The first-order valence-corrected chi connectivity index (χ1v) is 11.0. The van der Waals surface area contributed by atoms with Crippen LogP contribution < -0.4 is 15.4 Å². The zero-order chi connectivity index (χ0) is 20.7. The average Bonchev–Trinajstić information content (AvgIpc) is 2.74. The van der Waals surface area contributed by atoms with E-state index in [4.69, 9.17) is 4.74 Å². The van der Waals surface area contributed by atoms with Gasteiger partial charge in [-0.3, -0.25) is 9.59 Å². The van der Waals surface area contributed by atoms with Crippen LogP contribution in [0.5, 0.6) is 5.75 Å². The standard InChI is InChI=1S/C25H28N2O3/c1-30-22-8-6-21(7-9-22)26-24(28)17-2-4-20(5-3-17)27-25(29)23-18-11-15-10-16(13-18)14-19(23)12-15/h2-9,15-16,18-19,23H,10-14H2,1H3,(H,26,28)(H,27,29). The maximum absolute atomic E-state index is 13.0. The van der Waals surface area contributed by atoms with Gasteiger partial charge >= 0.3 is 0 Å². The van der Waals surface area contributed by atoms with E-state index in [0.29, 0.717) is 23.1 Å². The summed E-state index contributed by atoms with van der Waals surface area (Å²) in [5.74, 6) is 3.74. The Morgan fingerprint density at radius 1 is 0.767 bits per heavy atom. The Labute approximate surface area is 177 Å². The summed E-state index contributed by atoms with van der Waals surface area (Å²) in [5, 5.41) is 5.99. The Morgan fingerprint density at radius 3 is 1.87 bits per heavy atom. The van der Waals surface area contributed by atoms with Gasteiger partial charge in [0.15, 0.2) is 0 Å². The van der Waals surface area contributed by atoms with E-state index in [0.717, 1.165) is 23.3 Å². The maximum Gasteiger partial charge on any atom is 0.255 e. The molecular formula is C25H28N2O3. The van der Waals surface area contributed by atoms with Crippen LogP contribution in [0.4, 0.5) is 11.4 Å². The second-order valence-corrected chi connectivity index (χ2v) is 9.21. The predicted molar refractivity (Wildman–Crippen MR) is 117 cm³/mol. The Balaban J connectivity index is 1.20. The fourth-order valence-corrected chi connectivity index (χ4v) is 6.16. The second kappa shape index (κ2) is 7.78. The van der Waals surface area contributed by atoms with Gasteiger partial charge in [-0.15, -0.1) is 0 Å². The van der Waals surface area contributed by atoms with Crippen molar-refractivity contribution in [3.63, 3.8) is 0 Å². The third-order valence-electron chi connectivity index (χ3n) is 7.29. The lowest BCUT2D eigenvalue weighted by molar-refractivity contribution is -0.132. The van der Waals surface area contributed by atoms with Gasteiger partial charge in [-0.25, -0.2) is 0 Å². The van der Waals surface area contributed by atoms with Crippen molar-refractivity contribution in [1.82, 2.24) is 0 Å². The molecule has 2 amide bonds. The number of carbonyl (C=O) groups is 2. The number of methoxy groups -OCH3 is 1. The van der Waals surface area contributed by atoms with E-state index >= 15 is 0 Å². The molecule has 2 N–H and O–H groups in total. The number of hydrogen-bond donors (Lipinski definition) is 2. The van der Waals surface area contributed by atoms with E-state index in [-0.39, 0.29) is 17.7 Å². The number of ether oxygens (including phenoxy) is 1. The molecule has 0 atom stereocenters. The number of amides is 2. The van der Waals surface area contributed by atoms with Gasteiger partial charge in [-0.05, 0) is 104 Å². The van der Waals surface area contributed by atoms with Gasteiger partial charge in [0.2, 0.25) is 5.91 Å². The molecule has 4 fully saturated rings. The largest absolute Gasteiger partial charge is 0.497 e. The van der Waals surface area contributed by atoms with Gasteiger partial charge < -0.3 is 15.4 Å². The van der Waals surface area contributed by atoms with Gasteiger partial charge in [-0.2, -0.15) is 0 Å². The Kier molecular flexibility index (Phi) is 4.97. The van der Waals surface area contributed by atoms with E-state index < -0.39 is 0 Å². The summed E-state index contributed by atoms with van der Waals surface area (Å²) >= 11 is 0. The second-order valence-electron chi connectivity index (χ2n) is 9.21. The number of anilines is 2. The fourth-order valence-electron chi connectivity index (χ4n) is 6.16. The maximum atomic E-state index is 13.0. The molecular weight excluding hydrogens is 376 g/mol. The summed E-state index contributed by atoms with van der Waals surface area (Å²) in [6.07, 6.45) is 6.32. The summed E-state index contributed by atoms with van der Waals surface area (Å²) in [6, 6.07) is 14.4. The minimum absolute atomic E-state index is 0.163. The summed E-state index contributed by atoms with van der Waals surface area (Å²) in [4.78, 5) is 25.5. The summed E-state index contributed by atoms with van der Waals surface area (Å²) < 4.78 is 5.13. The fraction of sp³-hybridized carbons (Fsp3) is 0.440. The quantitative estimate of drug-likeness (QED) is 0.740. The number of rotatable bonds is 5. The van der Waals surface area contributed by atoms with E-state index in [1.807, 2.05) is 12.1 Å². The highest BCUT2D eigenvalue weighted by Crippen LogP contribution is 2.56. The minimum atomic E-state index is -0.181. The van der Waals surface area contributed by atoms with Crippen molar-refractivity contribution in [2.24, 2.45) is 29.6 Å². The Morgan fingerprint density at radius 2 is 1.30 bits per heavy atom. The molecule has 4 saturated carbocycles. The van der Waals surface area contributed by atoms with Gasteiger partial charge in [0.05, 0.1) is 7.11 Å². The summed E-state index contributed by atoms with van der Waals surface area (Å²) in [7, 11) is 1.61. The molecule has 2 aromatic carbocycles.